The molecular formula is C15H22BrCl2N3O2. The molecule has 2 saturated carbocycles. The van der Waals surface area contributed by atoms with Crippen LogP contribution in [0.5, 0.6) is 0 Å². The quantitative estimate of drug-likeness (QED) is 0.678. The first-order valence-corrected chi connectivity index (χ1v) is 8.28. The molecule has 8 heteroatoms. The van der Waals surface area contributed by atoms with Gasteiger partial charge in [0.25, 0.3) is 5.56 Å². The minimum Gasteiger partial charge on any atom is -0.327 e. The number of anilines is 1. The Labute approximate surface area is 156 Å². The van der Waals surface area contributed by atoms with E-state index in [9.17, 15) is 9.59 Å². The molecule has 4 N–H and O–H groups in total. The summed E-state index contributed by atoms with van der Waals surface area (Å²) in [6, 6.07) is 1.88. The highest BCUT2D eigenvalue weighted by Crippen LogP contribution is 2.42. The fraction of sp³-hybridized carbons (Fsp3) is 0.600. The van der Waals surface area contributed by atoms with Gasteiger partial charge in [0.05, 0.1) is 0 Å². The van der Waals surface area contributed by atoms with E-state index in [2.05, 4.69) is 26.2 Å². The molecule has 2 bridgehead atoms. The van der Waals surface area contributed by atoms with Gasteiger partial charge in [-0.05, 0) is 59.5 Å². The van der Waals surface area contributed by atoms with Crippen molar-refractivity contribution in [2.75, 3.05) is 5.32 Å². The third-order valence-electron chi connectivity index (χ3n) is 4.91. The Kier molecular flexibility index (Phi) is 7.58. The average Bonchev–Trinajstić information content (AvgIpc) is 2.42. The average molecular weight is 427 g/mol. The summed E-state index contributed by atoms with van der Waals surface area (Å²) in [5, 5.41) is 2.77. The molecule has 0 spiro atoms. The number of carbonyl (C=O) groups is 1. The predicted molar refractivity (Wildman–Crippen MR) is 99.4 cm³/mol. The van der Waals surface area contributed by atoms with Gasteiger partial charge in [0.2, 0.25) is 5.91 Å². The molecule has 130 valence electrons. The Morgan fingerprint density at radius 1 is 1.26 bits per heavy atom. The molecular weight excluding hydrogens is 405 g/mol. The lowest BCUT2D eigenvalue weighted by Crippen LogP contribution is -2.48. The summed E-state index contributed by atoms with van der Waals surface area (Å²) < 4.78 is 0.736. The van der Waals surface area contributed by atoms with Crippen LogP contribution in [0.4, 0.5) is 5.69 Å². The number of rotatable bonds is 2. The van der Waals surface area contributed by atoms with Crippen LogP contribution in [0.1, 0.15) is 32.1 Å². The molecule has 1 heterocycles. The number of pyridine rings is 1. The van der Waals surface area contributed by atoms with Crippen LogP contribution >= 0.6 is 40.7 Å². The summed E-state index contributed by atoms with van der Waals surface area (Å²) in [7, 11) is 0. The number of carbonyl (C=O) groups excluding carboxylic acids is 1. The molecule has 1 aromatic rings. The van der Waals surface area contributed by atoms with E-state index in [0.717, 1.165) is 30.2 Å². The molecule has 3 rings (SSSR count). The molecule has 23 heavy (non-hydrogen) atoms. The molecule has 2 atom stereocenters. The largest absolute Gasteiger partial charge is 0.327 e. The van der Waals surface area contributed by atoms with Gasteiger partial charge in [-0.2, -0.15) is 0 Å². The highest BCUT2D eigenvalue weighted by atomic mass is 79.9. The topological polar surface area (TPSA) is 88.0 Å². The fourth-order valence-electron chi connectivity index (χ4n) is 3.79. The number of amides is 1. The predicted octanol–water partition coefficient (Wildman–Crippen LogP) is 3.07. The van der Waals surface area contributed by atoms with E-state index in [0.29, 0.717) is 17.5 Å². The van der Waals surface area contributed by atoms with Crippen LogP contribution in [0.25, 0.3) is 0 Å². The van der Waals surface area contributed by atoms with Crippen molar-refractivity contribution < 1.29 is 4.79 Å². The number of hydrogen-bond donors (Lipinski definition) is 3. The lowest BCUT2D eigenvalue weighted by atomic mass is 9.65. The third-order valence-corrected chi connectivity index (χ3v) is 5.37. The van der Waals surface area contributed by atoms with Crippen LogP contribution in [0.2, 0.25) is 0 Å². The summed E-state index contributed by atoms with van der Waals surface area (Å²) >= 11 is 3.29. The molecule has 1 amide bonds. The maximum absolute atomic E-state index is 12.4. The zero-order chi connectivity index (χ0) is 15.0. The summed E-state index contributed by atoms with van der Waals surface area (Å²) in [6.45, 7) is 0. The number of fused-ring (bicyclic) bond motifs is 2. The molecule has 0 saturated heterocycles. The Balaban J connectivity index is 0.00000132. The van der Waals surface area contributed by atoms with E-state index >= 15 is 0 Å². The molecule has 5 nitrogen and oxygen atoms in total. The van der Waals surface area contributed by atoms with E-state index < -0.39 is 0 Å². The molecule has 2 fully saturated rings. The Morgan fingerprint density at radius 2 is 1.87 bits per heavy atom. The van der Waals surface area contributed by atoms with Crippen LogP contribution in [-0.4, -0.2) is 16.9 Å². The monoisotopic (exact) mass is 425 g/mol. The maximum atomic E-state index is 12.4. The zero-order valence-corrected chi connectivity index (χ0v) is 15.8. The van der Waals surface area contributed by atoms with E-state index in [1.165, 1.54) is 6.42 Å². The van der Waals surface area contributed by atoms with Gasteiger partial charge in [-0.1, -0.05) is 6.42 Å². The van der Waals surface area contributed by atoms with Crippen molar-refractivity contribution in [2.24, 2.45) is 23.5 Å². The van der Waals surface area contributed by atoms with Gasteiger partial charge in [0.1, 0.15) is 5.69 Å². The number of nitrogens with two attached hydrogens (primary N) is 1. The van der Waals surface area contributed by atoms with E-state index in [-0.39, 0.29) is 48.2 Å². The Hall–Kier alpha value is -0.560. The summed E-state index contributed by atoms with van der Waals surface area (Å²) in [6.07, 6.45) is 6.72. The molecule has 2 aliphatic carbocycles. The lowest BCUT2D eigenvalue weighted by Gasteiger charge is -2.43. The summed E-state index contributed by atoms with van der Waals surface area (Å²) in [5.74, 6) is 0.823. The smallest absolute Gasteiger partial charge is 0.271 e. The number of H-pyrrole nitrogens is 1. The normalized spacial score (nSPS) is 29.0. The minimum absolute atomic E-state index is 0. The third kappa shape index (κ3) is 4.50. The van der Waals surface area contributed by atoms with E-state index in [1.807, 2.05) is 0 Å². The van der Waals surface area contributed by atoms with Crippen LogP contribution < -0.4 is 16.6 Å². The van der Waals surface area contributed by atoms with Crippen molar-refractivity contribution >= 4 is 52.3 Å². The van der Waals surface area contributed by atoms with Crippen molar-refractivity contribution in [3.8, 4) is 0 Å². The van der Waals surface area contributed by atoms with Crippen LogP contribution in [-0.2, 0) is 4.79 Å². The van der Waals surface area contributed by atoms with Gasteiger partial charge < -0.3 is 16.0 Å². The van der Waals surface area contributed by atoms with Crippen LogP contribution in [0.3, 0.4) is 0 Å². The van der Waals surface area contributed by atoms with E-state index in [1.54, 1.807) is 12.3 Å². The first-order chi connectivity index (χ1) is 10.0. The number of aromatic nitrogens is 1. The van der Waals surface area contributed by atoms with Crippen molar-refractivity contribution in [2.45, 2.75) is 38.1 Å². The first kappa shape index (κ1) is 20.5. The van der Waals surface area contributed by atoms with Gasteiger partial charge in [0, 0.05) is 22.6 Å². The van der Waals surface area contributed by atoms with Crippen molar-refractivity contribution in [1.29, 1.82) is 0 Å². The van der Waals surface area contributed by atoms with Gasteiger partial charge >= 0.3 is 0 Å². The number of halogens is 3. The van der Waals surface area contributed by atoms with Crippen molar-refractivity contribution in [3.05, 3.63) is 27.1 Å². The summed E-state index contributed by atoms with van der Waals surface area (Å²) in [5.41, 5.74) is 6.27. The van der Waals surface area contributed by atoms with Gasteiger partial charge in [-0.25, -0.2) is 0 Å². The Morgan fingerprint density at radius 3 is 2.48 bits per heavy atom. The molecule has 0 radical (unpaired) electrons. The minimum atomic E-state index is -0.278. The fourth-order valence-corrected chi connectivity index (χ4v) is 4.13. The first-order valence-electron chi connectivity index (χ1n) is 7.49. The molecule has 1 aromatic heterocycles. The highest BCUT2D eigenvalue weighted by molar-refractivity contribution is 9.10. The molecule has 0 aliphatic heterocycles. The Bertz CT molecular complexity index is 597. The lowest BCUT2D eigenvalue weighted by molar-refractivity contribution is -0.122. The van der Waals surface area contributed by atoms with E-state index in [4.69, 9.17) is 5.73 Å². The standard InChI is InChI=1S/C15H20BrN3O2.2ClH/c16-11-6-12(15(21)18-7-11)19-14(20)10-4-8-2-1-3-9(5-10)13(8)17;;/h6-10,13H,1-5,17H2,(H,18,21)(H,19,20);2*1H. The van der Waals surface area contributed by atoms with Crippen LogP contribution in [0.15, 0.2) is 21.5 Å². The van der Waals surface area contributed by atoms with Gasteiger partial charge in [-0.3, -0.25) is 9.59 Å². The van der Waals surface area contributed by atoms with Crippen molar-refractivity contribution in [1.82, 2.24) is 4.98 Å². The number of nitrogens with one attached hydrogen (secondary N) is 2. The maximum Gasteiger partial charge on any atom is 0.271 e. The van der Waals surface area contributed by atoms with Gasteiger partial charge in [0.15, 0.2) is 0 Å². The van der Waals surface area contributed by atoms with Gasteiger partial charge in [-0.15, -0.1) is 24.8 Å². The summed E-state index contributed by atoms with van der Waals surface area (Å²) in [4.78, 5) is 26.8. The van der Waals surface area contributed by atoms with Crippen molar-refractivity contribution in [3.63, 3.8) is 0 Å². The second-order valence-corrected chi connectivity index (χ2v) is 7.16. The SMILES string of the molecule is Cl.Cl.NC1C2CCCC1CC(C(=O)Nc1cc(Br)c[nH]c1=O)C2. The molecule has 2 unspecified atom stereocenters. The second kappa shape index (κ2) is 8.51. The number of hydrogen-bond acceptors (Lipinski definition) is 3. The second-order valence-electron chi connectivity index (χ2n) is 6.25. The molecule has 2 aliphatic rings. The number of aromatic amines is 1. The zero-order valence-electron chi connectivity index (χ0n) is 12.6. The highest BCUT2D eigenvalue weighted by Gasteiger charge is 2.40. The molecule has 0 aromatic carbocycles. The van der Waals surface area contributed by atoms with Crippen LogP contribution in [0, 0.1) is 17.8 Å².